The molecule has 2 nitrogen and oxygen atoms in total. The molecule has 16 heavy (non-hydrogen) atoms. The molecule has 1 aromatic rings. The number of rotatable bonds is 5. The van der Waals surface area contributed by atoms with Crippen LogP contribution in [-0.2, 0) is 11.2 Å². The molecular formula is C10H9BrF2O2S. The van der Waals surface area contributed by atoms with Crippen LogP contribution >= 0.6 is 28.6 Å². The molecule has 1 aromatic carbocycles. The molecule has 0 saturated carbocycles. The first-order valence-electron chi connectivity index (χ1n) is 4.37. The van der Waals surface area contributed by atoms with Crippen LogP contribution in [0.2, 0.25) is 0 Å². The number of ether oxygens (including phenoxy) is 1. The second-order valence-corrected chi connectivity index (χ2v) is 4.07. The zero-order chi connectivity index (χ0) is 12.1. The number of ketones is 1. The van der Waals surface area contributed by atoms with Crippen molar-refractivity contribution in [3.8, 4) is 5.75 Å². The van der Waals surface area contributed by atoms with E-state index < -0.39 is 6.61 Å². The quantitative estimate of drug-likeness (QED) is 0.668. The third-order valence-corrected chi connectivity index (χ3v) is 2.79. The number of hydrogen-bond donors (Lipinski definition) is 1. The van der Waals surface area contributed by atoms with E-state index in [0.29, 0.717) is 10.5 Å². The van der Waals surface area contributed by atoms with E-state index in [1.165, 1.54) is 12.1 Å². The molecule has 0 fully saturated rings. The van der Waals surface area contributed by atoms with Crippen LogP contribution in [0, 0.1) is 0 Å². The van der Waals surface area contributed by atoms with Crippen molar-refractivity contribution in [1.29, 1.82) is 0 Å². The summed E-state index contributed by atoms with van der Waals surface area (Å²) in [5, 5.41) is 0.237. The summed E-state index contributed by atoms with van der Waals surface area (Å²) >= 11 is 7.01. The van der Waals surface area contributed by atoms with E-state index in [9.17, 15) is 13.6 Å². The Morgan fingerprint density at radius 3 is 2.75 bits per heavy atom. The molecule has 0 heterocycles. The Morgan fingerprint density at radius 1 is 1.50 bits per heavy atom. The molecule has 0 aliphatic carbocycles. The van der Waals surface area contributed by atoms with Crippen molar-refractivity contribution in [2.75, 3.05) is 5.33 Å². The van der Waals surface area contributed by atoms with Crippen LogP contribution in [0.25, 0.3) is 0 Å². The Kier molecular flexibility index (Phi) is 5.21. The molecule has 0 aliphatic heterocycles. The molecule has 88 valence electrons. The third kappa shape index (κ3) is 4.09. The summed E-state index contributed by atoms with van der Waals surface area (Å²) in [5.74, 6) is -0.0480. The first-order valence-corrected chi connectivity index (χ1v) is 5.94. The van der Waals surface area contributed by atoms with Crippen molar-refractivity contribution in [2.45, 2.75) is 17.9 Å². The lowest BCUT2D eigenvalue weighted by Gasteiger charge is -2.08. The Labute approximate surface area is 106 Å². The van der Waals surface area contributed by atoms with Crippen LogP contribution in [0.4, 0.5) is 8.78 Å². The highest BCUT2D eigenvalue weighted by molar-refractivity contribution is 9.09. The van der Waals surface area contributed by atoms with Gasteiger partial charge < -0.3 is 4.74 Å². The summed E-state index contributed by atoms with van der Waals surface area (Å²) in [6.07, 6.45) is 0.179. The zero-order valence-corrected chi connectivity index (χ0v) is 10.6. The van der Waals surface area contributed by atoms with Crippen molar-refractivity contribution in [1.82, 2.24) is 0 Å². The van der Waals surface area contributed by atoms with E-state index >= 15 is 0 Å². The molecule has 0 unspecified atom stereocenters. The number of thiol groups is 1. The first kappa shape index (κ1) is 13.4. The first-order chi connectivity index (χ1) is 7.52. The van der Waals surface area contributed by atoms with Crippen molar-refractivity contribution < 1.29 is 18.3 Å². The molecular weight excluding hydrogens is 302 g/mol. The summed E-state index contributed by atoms with van der Waals surface area (Å²) in [5.41, 5.74) is 0.623. The largest absolute Gasteiger partial charge is 0.434 e. The van der Waals surface area contributed by atoms with Gasteiger partial charge in [0.1, 0.15) is 11.5 Å². The van der Waals surface area contributed by atoms with E-state index in [-0.39, 0.29) is 23.3 Å². The van der Waals surface area contributed by atoms with Gasteiger partial charge in [0.25, 0.3) is 0 Å². The fraction of sp³-hybridized carbons (Fsp3) is 0.300. The topological polar surface area (TPSA) is 26.3 Å². The fourth-order valence-corrected chi connectivity index (χ4v) is 1.52. The molecule has 0 aromatic heterocycles. The third-order valence-electron chi connectivity index (χ3n) is 1.79. The van der Waals surface area contributed by atoms with Gasteiger partial charge in [-0.1, -0.05) is 22.0 Å². The minimum Gasteiger partial charge on any atom is -0.434 e. The number of Topliss-reactive ketones (excluding diaryl/α,β-unsaturated/α-hetero) is 1. The van der Waals surface area contributed by atoms with Crippen LogP contribution in [0.1, 0.15) is 5.56 Å². The predicted octanol–water partition coefficient (Wildman–Crippen LogP) is 3.08. The van der Waals surface area contributed by atoms with Gasteiger partial charge in [-0.15, -0.1) is 12.6 Å². The highest BCUT2D eigenvalue weighted by Crippen LogP contribution is 2.25. The molecule has 0 N–H and O–H groups in total. The lowest BCUT2D eigenvalue weighted by Crippen LogP contribution is -2.06. The zero-order valence-electron chi connectivity index (χ0n) is 8.12. The van der Waals surface area contributed by atoms with Crippen LogP contribution in [-0.4, -0.2) is 17.7 Å². The number of carbonyl (C=O) groups is 1. The number of carbonyl (C=O) groups excluding carboxylic acids is 1. The van der Waals surface area contributed by atoms with Gasteiger partial charge in [-0.3, -0.25) is 4.79 Å². The molecule has 0 spiro atoms. The fourth-order valence-electron chi connectivity index (χ4n) is 1.13. The van der Waals surface area contributed by atoms with Gasteiger partial charge in [-0.05, 0) is 17.7 Å². The van der Waals surface area contributed by atoms with Gasteiger partial charge in [-0.25, -0.2) is 0 Å². The van der Waals surface area contributed by atoms with Gasteiger partial charge in [-0.2, -0.15) is 8.78 Å². The van der Waals surface area contributed by atoms with Crippen LogP contribution in [0.3, 0.4) is 0 Å². The maximum Gasteiger partial charge on any atom is 0.387 e. The summed E-state index contributed by atoms with van der Waals surface area (Å²) in [6, 6.07) is 4.58. The highest BCUT2D eigenvalue weighted by Gasteiger charge is 2.10. The van der Waals surface area contributed by atoms with E-state index in [0.717, 1.165) is 0 Å². The number of alkyl halides is 3. The second kappa shape index (κ2) is 6.20. The molecule has 0 saturated heterocycles. The summed E-state index contributed by atoms with van der Waals surface area (Å²) in [7, 11) is 0. The second-order valence-electron chi connectivity index (χ2n) is 3.03. The number of hydrogen-bond acceptors (Lipinski definition) is 3. The highest BCUT2D eigenvalue weighted by atomic mass is 79.9. The van der Waals surface area contributed by atoms with Gasteiger partial charge >= 0.3 is 6.61 Å². The van der Waals surface area contributed by atoms with Crippen LogP contribution in [0.15, 0.2) is 23.1 Å². The minimum atomic E-state index is -2.90. The Morgan fingerprint density at radius 2 is 2.19 bits per heavy atom. The summed E-state index contributed by atoms with van der Waals surface area (Å²) in [4.78, 5) is 11.5. The average Bonchev–Trinajstić information content (AvgIpc) is 2.22. The maximum absolute atomic E-state index is 12.0. The molecule has 0 radical (unpaired) electrons. The Balaban J connectivity index is 2.84. The molecule has 0 bridgehead atoms. The Bertz CT molecular complexity index is 385. The molecule has 0 amide bonds. The SMILES string of the molecule is O=C(CBr)Cc1ccc(S)c(OC(F)F)c1. The van der Waals surface area contributed by atoms with E-state index in [2.05, 4.69) is 33.3 Å². The normalized spacial score (nSPS) is 10.6. The van der Waals surface area contributed by atoms with Crippen molar-refractivity contribution in [2.24, 2.45) is 0 Å². The van der Waals surface area contributed by atoms with Gasteiger partial charge in [0.2, 0.25) is 0 Å². The molecule has 0 atom stereocenters. The molecule has 1 rings (SSSR count). The van der Waals surface area contributed by atoms with E-state index in [1.54, 1.807) is 6.07 Å². The van der Waals surface area contributed by atoms with Crippen molar-refractivity contribution in [3.05, 3.63) is 23.8 Å². The average molecular weight is 311 g/mol. The van der Waals surface area contributed by atoms with Gasteiger partial charge in [0, 0.05) is 11.3 Å². The lowest BCUT2D eigenvalue weighted by atomic mass is 10.1. The monoisotopic (exact) mass is 310 g/mol. The van der Waals surface area contributed by atoms with Crippen LogP contribution < -0.4 is 4.74 Å². The van der Waals surface area contributed by atoms with Crippen molar-refractivity contribution >= 4 is 34.3 Å². The lowest BCUT2D eigenvalue weighted by molar-refractivity contribution is -0.115. The van der Waals surface area contributed by atoms with E-state index in [1.807, 2.05) is 0 Å². The van der Waals surface area contributed by atoms with E-state index in [4.69, 9.17) is 0 Å². The Hall–Kier alpha value is -0.620. The van der Waals surface area contributed by atoms with Crippen LogP contribution in [0.5, 0.6) is 5.75 Å². The summed E-state index contributed by atoms with van der Waals surface area (Å²) < 4.78 is 28.3. The van der Waals surface area contributed by atoms with Gasteiger partial charge in [0.15, 0.2) is 0 Å². The number of halogens is 3. The van der Waals surface area contributed by atoms with Crippen molar-refractivity contribution in [3.63, 3.8) is 0 Å². The summed E-state index contributed by atoms with van der Waals surface area (Å²) in [6.45, 7) is -2.90. The standard InChI is InChI=1S/C10H9BrF2O2S/c11-5-7(14)3-6-1-2-9(16)8(4-6)15-10(12)13/h1-2,4,10,16H,3,5H2. The number of benzene rings is 1. The van der Waals surface area contributed by atoms with Gasteiger partial charge in [0.05, 0.1) is 5.33 Å². The maximum atomic E-state index is 12.0. The smallest absolute Gasteiger partial charge is 0.387 e. The minimum absolute atomic E-state index is 0.0156. The molecule has 6 heteroatoms. The molecule has 0 aliphatic rings. The predicted molar refractivity (Wildman–Crippen MR) is 62.8 cm³/mol.